The molecule has 2 unspecified atom stereocenters. The molecule has 0 aliphatic carbocycles. The van der Waals surface area contributed by atoms with Gasteiger partial charge in [0.2, 0.25) is 0 Å². The van der Waals surface area contributed by atoms with Gasteiger partial charge in [-0.2, -0.15) is 8.78 Å². The van der Waals surface area contributed by atoms with Crippen molar-refractivity contribution in [2.24, 2.45) is 0 Å². The van der Waals surface area contributed by atoms with E-state index in [2.05, 4.69) is 20.9 Å². The van der Waals surface area contributed by atoms with Crippen molar-refractivity contribution in [3.8, 4) is 0 Å². The normalized spacial score (nSPS) is 20.7. The predicted molar refractivity (Wildman–Crippen MR) is 142 cm³/mol. The maximum Gasteiger partial charge on any atom is 0.405 e. The van der Waals surface area contributed by atoms with Crippen molar-refractivity contribution in [3.63, 3.8) is 0 Å². The van der Waals surface area contributed by atoms with E-state index in [1.807, 2.05) is 36.4 Å². The van der Waals surface area contributed by atoms with Gasteiger partial charge in [0.1, 0.15) is 0 Å². The van der Waals surface area contributed by atoms with Crippen LogP contribution in [0.15, 0.2) is 83.3 Å². The Morgan fingerprint density at radius 1 is 1.03 bits per heavy atom. The molecule has 184 valence electrons. The quantitative estimate of drug-likeness (QED) is 0.217. The van der Waals surface area contributed by atoms with Gasteiger partial charge >= 0.3 is 13.3 Å². The van der Waals surface area contributed by atoms with Crippen LogP contribution < -0.4 is 0 Å². The Bertz CT molecular complexity index is 1500. The van der Waals surface area contributed by atoms with Gasteiger partial charge in [0.25, 0.3) is 0 Å². The summed E-state index contributed by atoms with van der Waals surface area (Å²) in [4.78, 5) is 4.52. The maximum absolute atomic E-state index is 15.8. The zero-order valence-corrected chi connectivity index (χ0v) is 22.0. The lowest BCUT2D eigenvalue weighted by Gasteiger charge is -2.34. The Kier molecular flexibility index (Phi) is 7.12. The molecule has 0 saturated carbocycles. The highest BCUT2D eigenvalue weighted by molar-refractivity contribution is 9.10. The molecule has 1 aromatic heterocycles. The Labute approximate surface area is 220 Å². The number of halogens is 4. The third-order valence-electron chi connectivity index (χ3n) is 5.84. The Morgan fingerprint density at radius 3 is 2.61 bits per heavy atom. The van der Waals surface area contributed by atoms with E-state index in [9.17, 15) is 4.57 Å². The van der Waals surface area contributed by atoms with Gasteiger partial charge in [0, 0.05) is 26.9 Å². The summed E-state index contributed by atoms with van der Waals surface area (Å²) in [7, 11) is -4.89. The topological polar surface area (TPSA) is 48.4 Å². The molecule has 1 aliphatic rings. The maximum atomic E-state index is 15.8. The average molecular weight is 591 g/mol. The van der Waals surface area contributed by atoms with Crippen LogP contribution in [0.2, 0.25) is 5.02 Å². The van der Waals surface area contributed by atoms with E-state index < -0.39 is 24.9 Å². The predicted octanol–water partition coefficient (Wildman–Crippen LogP) is 9.24. The van der Waals surface area contributed by atoms with Gasteiger partial charge in [-0.1, -0.05) is 82.1 Å². The summed E-state index contributed by atoms with van der Waals surface area (Å²) < 4.78 is 55.9. The molecule has 4 nitrogen and oxygen atoms in total. The molecule has 0 bridgehead atoms. The molecule has 2 atom stereocenters. The summed E-state index contributed by atoms with van der Waals surface area (Å²) >= 11 is 9.27. The lowest BCUT2D eigenvalue weighted by molar-refractivity contribution is -0.00548. The summed E-state index contributed by atoms with van der Waals surface area (Å²) in [5, 5.41) is 1.09. The Morgan fingerprint density at radius 2 is 1.83 bits per heavy atom. The highest BCUT2D eigenvalue weighted by Gasteiger charge is 2.58. The molecular weight excluding hydrogens is 571 g/mol. The van der Waals surface area contributed by atoms with Crippen LogP contribution in [0.25, 0.3) is 23.1 Å². The van der Waals surface area contributed by atoms with Crippen molar-refractivity contribution in [1.29, 1.82) is 0 Å². The van der Waals surface area contributed by atoms with Crippen molar-refractivity contribution in [2.45, 2.75) is 18.2 Å². The van der Waals surface area contributed by atoms with Crippen LogP contribution in [-0.4, -0.2) is 11.6 Å². The van der Waals surface area contributed by atoms with Gasteiger partial charge in [-0.25, -0.2) is 4.98 Å². The Balaban J connectivity index is 1.48. The van der Waals surface area contributed by atoms with Crippen LogP contribution in [0.5, 0.6) is 0 Å². The van der Waals surface area contributed by atoms with Gasteiger partial charge < -0.3 is 4.52 Å². The molecule has 1 aliphatic heterocycles. The zero-order chi connectivity index (χ0) is 25.3. The fourth-order valence-electron chi connectivity index (χ4n) is 3.99. The molecule has 9 heteroatoms. The standard InChI is InChI=1S/C27H20BrClF2NO3P/c28-24-16-19-10-12-22(11-9-18-5-2-1-3-6-18)32-25(19)17-23(24)27(30,31)36(33)34-14-13-26(35-36)20-7-4-8-21(29)15-20/h1-12,15-17,26H,13-14H2/b11-9+. The van der Waals surface area contributed by atoms with E-state index in [4.69, 9.17) is 20.6 Å². The molecule has 4 aromatic rings. The van der Waals surface area contributed by atoms with Crippen molar-refractivity contribution in [1.82, 2.24) is 4.98 Å². The van der Waals surface area contributed by atoms with Crippen molar-refractivity contribution in [3.05, 3.63) is 111 Å². The second kappa shape index (κ2) is 10.2. The molecule has 1 saturated heterocycles. The fraction of sp³-hybridized carbons (Fsp3) is 0.148. The van der Waals surface area contributed by atoms with E-state index in [1.165, 1.54) is 12.1 Å². The first-order valence-corrected chi connectivity index (χ1v) is 13.9. The number of pyridine rings is 1. The second-order valence-corrected chi connectivity index (χ2v) is 11.6. The molecule has 0 radical (unpaired) electrons. The minimum atomic E-state index is -4.89. The van der Waals surface area contributed by atoms with Crippen LogP contribution in [0.1, 0.15) is 34.9 Å². The van der Waals surface area contributed by atoms with Crippen molar-refractivity contribution < 1.29 is 22.4 Å². The van der Waals surface area contributed by atoms with Crippen molar-refractivity contribution in [2.75, 3.05) is 6.61 Å². The molecule has 0 amide bonds. The number of alkyl halides is 2. The number of fused-ring (bicyclic) bond motifs is 1. The van der Waals surface area contributed by atoms with Gasteiger partial charge in [0.15, 0.2) is 0 Å². The SMILES string of the molecule is O=P1(C(F)(F)c2cc3nc(/C=C/c4ccccc4)ccc3cc2Br)OCCC(c2cccc(Cl)c2)O1. The van der Waals surface area contributed by atoms with Gasteiger partial charge in [-0.15, -0.1) is 0 Å². The molecule has 3 aromatic carbocycles. The van der Waals surface area contributed by atoms with Crippen molar-refractivity contribution >= 4 is 58.2 Å². The van der Waals surface area contributed by atoms with Crippen LogP contribution in [0.4, 0.5) is 8.78 Å². The van der Waals surface area contributed by atoms with Crippen LogP contribution in [0.3, 0.4) is 0 Å². The minimum Gasteiger partial charge on any atom is -0.304 e. The fourth-order valence-corrected chi connectivity index (χ4v) is 6.69. The molecule has 1 fully saturated rings. The number of nitrogens with zero attached hydrogens (tertiary/aromatic N) is 1. The lowest BCUT2D eigenvalue weighted by atomic mass is 10.1. The highest BCUT2D eigenvalue weighted by atomic mass is 79.9. The third-order valence-corrected chi connectivity index (χ3v) is 8.72. The van der Waals surface area contributed by atoms with E-state index in [0.29, 0.717) is 27.2 Å². The summed E-state index contributed by atoms with van der Waals surface area (Å²) in [6.45, 7) is -0.137. The second-order valence-electron chi connectivity index (χ2n) is 8.31. The average Bonchev–Trinajstić information content (AvgIpc) is 2.87. The number of hydrogen-bond acceptors (Lipinski definition) is 4. The zero-order valence-electron chi connectivity index (χ0n) is 18.8. The first-order valence-electron chi connectivity index (χ1n) is 11.2. The molecule has 2 heterocycles. The lowest BCUT2D eigenvalue weighted by Crippen LogP contribution is -2.24. The summed E-state index contributed by atoms with van der Waals surface area (Å²) in [6, 6.07) is 22.7. The minimum absolute atomic E-state index is 0.0849. The monoisotopic (exact) mass is 589 g/mol. The van der Waals surface area contributed by atoms with E-state index >= 15 is 8.78 Å². The molecular formula is C27H20BrClF2NO3P. The van der Waals surface area contributed by atoms with Gasteiger partial charge in [-0.3, -0.25) is 9.09 Å². The van der Waals surface area contributed by atoms with E-state index in [1.54, 1.807) is 42.5 Å². The summed E-state index contributed by atoms with van der Waals surface area (Å²) in [5.41, 5.74) is -1.95. The highest BCUT2D eigenvalue weighted by Crippen LogP contribution is 2.71. The first kappa shape index (κ1) is 25.2. The molecule has 5 rings (SSSR count). The van der Waals surface area contributed by atoms with Crippen LogP contribution in [-0.2, 0) is 19.3 Å². The Hall–Kier alpha value is -2.41. The van der Waals surface area contributed by atoms with E-state index in [-0.39, 0.29) is 17.5 Å². The number of hydrogen-bond donors (Lipinski definition) is 0. The van der Waals surface area contributed by atoms with Gasteiger partial charge in [-0.05, 0) is 47.5 Å². The van der Waals surface area contributed by atoms with Crippen LogP contribution in [0, 0.1) is 0 Å². The third kappa shape index (κ3) is 5.04. The summed E-state index contributed by atoms with van der Waals surface area (Å²) in [6.07, 6.45) is 3.14. The van der Waals surface area contributed by atoms with Crippen LogP contribution >= 0.6 is 35.1 Å². The number of rotatable bonds is 5. The van der Waals surface area contributed by atoms with E-state index in [0.717, 1.165) is 5.56 Å². The molecule has 36 heavy (non-hydrogen) atoms. The smallest absolute Gasteiger partial charge is 0.304 e. The molecule has 0 spiro atoms. The first-order chi connectivity index (χ1) is 17.2. The number of aromatic nitrogens is 1. The largest absolute Gasteiger partial charge is 0.405 e. The summed E-state index contributed by atoms with van der Waals surface area (Å²) in [5.74, 6) is 0. The van der Waals surface area contributed by atoms with Gasteiger partial charge in [0.05, 0.1) is 23.9 Å². The molecule has 0 N–H and O–H groups in total. The number of benzene rings is 3.